The van der Waals surface area contributed by atoms with Crippen LogP contribution in [0.15, 0.2) is 48.8 Å². The molecule has 0 unspecified atom stereocenters. The van der Waals surface area contributed by atoms with Gasteiger partial charge in [0.1, 0.15) is 11.6 Å². The number of aromatic nitrogens is 2. The number of hydrogen-bond acceptors (Lipinski definition) is 5. The summed E-state index contributed by atoms with van der Waals surface area (Å²) < 4.78 is 32.6. The molecule has 0 fully saturated rings. The minimum Gasteiger partial charge on any atom is -0.497 e. The Morgan fingerprint density at radius 1 is 1.04 bits per heavy atom. The Bertz CT molecular complexity index is 993. The molecule has 5 nitrogen and oxygen atoms in total. The van der Waals surface area contributed by atoms with Gasteiger partial charge in [0.25, 0.3) is 0 Å². The minimum atomic E-state index is -0.874. The average Bonchev–Trinajstić information content (AvgIpc) is 2.70. The fourth-order valence-electron chi connectivity index (χ4n) is 2.23. The van der Waals surface area contributed by atoms with Crippen molar-refractivity contribution in [3.8, 4) is 17.6 Å². The number of nitrogen functional groups attached to an aromatic ring is 1. The summed E-state index contributed by atoms with van der Waals surface area (Å²) in [6, 6.07) is 9.82. The van der Waals surface area contributed by atoms with Gasteiger partial charge in [0, 0.05) is 18.9 Å². The Morgan fingerprint density at radius 2 is 1.74 bits per heavy atom. The number of anilines is 2. The van der Waals surface area contributed by atoms with Crippen LogP contribution in [0.5, 0.6) is 5.75 Å². The fraction of sp³-hybridized carbons (Fsp3) is 0.100. The lowest BCUT2D eigenvalue weighted by Gasteiger charge is -2.05. The highest BCUT2D eigenvalue weighted by Crippen LogP contribution is 2.17. The summed E-state index contributed by atoms with van der Waals surface area (Å²) in [6.45, 7) is 0.536. The van der Waals surface area contributed by atoms with Crippen molar-refractivity contribution in [2.45, 2.75) is 6.54 Å². The van der Waals surface area contributed by atoms with Gasteiger partial charge >= 0.3 is 0 Å². The van der Waals surface area contributed by atoms with Crippen molar-refractivity contribution in [1.29, 1.82) is 0 Å². The maximum Gasteiger partial charge on any atom is 0.222 e. The summed E-state index contributed by atoms with van der Waals surface area (Å²) in [4.78, 5) is 8.28. The van der Waals surface area contributed by atoms with E-state index in [0.717, 1.165) is 23.4 Å². The number of nitrogens with two attached hydrogens (primary N) is 1. The van der Waals surface area contributed by atoms with E-state index in [-0.39, 0.29) is 11.3 Å². The van der Waals surface area contributed by atoms with Gasteiger partial charge in [-0.25, -0.2) is 18.7 Å². The Hall–Kier alpha value is -3.66. The molecule has 3 rings (SSSR count). The van der Waals surface area contributed by atoms with E-state index in [0.29, 0.717) is 18.1 Å². The molecular formula is C20H16F2N4O. The van der Waals surface area contributed by atoms with Crippen molar-refractivity contribution >= 4 is 11.6 Å². The molecule has 7 heteroatoms. The zero-order valence-corrected chi connectivity index (χ0v) is 14.5. The largest absolute Gasteiger partial charge is 0.497 e. The molecule has 1 aromatic heterocycles. The smallest absolute Gasteiger partial charge is 0.222 e. The van der Waals surface area contributed by atoms with Crippen LogP contribution >= 0.6 is 0 Å². The van der Waals surface area contributed by atoms with Crippen LogP contribution in [-0.2, 0) is 6.54 Å². The SMILES string of the molecule is COc1ccc(CNc2ncc(C#Cc3c(F)ccc(N)c3F)cn2)cc1. The lowest BCUT2D eigenvalue weighted by molar-refractivity contribution is 0.414. The summed E-state index contributed by atoms with van der Waals surface area (Å²) >= 11 is 0. The summed E-state index contributed by atoms with van der Waals surface area (Å²) in [5, 5.41) is 3.08. The third-order valence-electron chi connectivity index (χ3n) is 3.71. The number of nitrogens with one attached hydrogen (secondary N) is 1. The highest BCUT2D eigenvalue weighted by molar-refractivity contribution is 5.51. The van der Waals surface area contributed by atoms with E-state index in [9.17, 15) is 8.78 Å². The number of ether oxygens (including phenoxy) is 1. The van der Waals surface area contributed by atoms with E-state index in [1.807, 2.05) is 24.3 Å². The first kappa shape index (κ1) is 18.1. The van der Waals surface area contributed by atoms with E-state index >= 15 is 0 Å². The van der Waals surface area contributed by atoms with Crippen LogP contribution in [0.4, 0.5) is 20.4 Å². The summed E-state index contributed by atoms with van der Waals surface area (Å²) in [7, 11) is 1.61. The van der Waals surface area contributed by atoms with Crippen LogP contribution < -0.4 is 15.8 Å². The number of hydrogen-bond donors (Lipinski definition) is 2. The lowest BCUT2D eigenvalue weighted by atomic mass is 10.1. The van der Waals surface area contributed by atoms with E-state index < -0.39 is 11.6 Å². The molecule has 3 N–H and O–H groups in total. The fourth-order valence-corrected chi connectivity index (χ4v) is 2.23. The molecule has 0 amide bonds. The summed E-state index contributed by atoms with van der Waals surface area (Å²) in [5.41, 5.74) is 6.35. The van der Waals surface area contributed by atoms with E-state index in [2.05, 4.69) is 27.1 Å². The van der Waals surface area contributed by atoms with Crippen molar-refractivity contribution < 1.29 is 13.5 Å². The van der Waals surface area contributed by atoms with Crippen molar-refractivity contribution in [3.05, 3.63) is 77.1 Å². The normalized spacial score (nSPS) is 10.0. The molecule has 0 aliphatic carbocycles. The van der Waals surface area contributed by atoms with Gasteiger partial charge in [-0.05, 0) is 29.8 Å². The first-order chi connectivity index (χ1) is 13.1. The molecule has 136 valence electrons. The standard InChI is InChI=1S/C20H16F2N4O/c1-27-15-5-2-13(3-6-15)10-24-20-25-11-14(12-26-20)4-7-16-17(21)8-9-18(23)19(16)22/h2-3,5-6,8-9,11-12H,10,23H2,1H3,(H,24,25,26). The zero-order valence-electron chi connectivity index (χ0n) is 14.5. The molecular weight excluding hydrogens is 350 g/mol. The van der Waals surface area contributed by atoms with Gasteiger partial charge in [-0.3, -0.25) is 0 Å². The average molecular weight is 366 g/mol. The second kappa shape index (κ2) is 8.15. The molecule has 0 spiro atoms. The number of methoxy groups -OCH3 is 1. The van der Waals surface area contributed by atoms with Crippen molar-refractivity contribution in [2.75, 3.05) is 18.2 Å². The molecule has 0 saturated carbocycles. The topological polar surface area (TPSA) is 73.1 Å². The minimum absolute atomic E-state index is 0.157. The highest BCUT2D eigenvalue weighted by atomic mass is 19.1. The second-order valence-electron chi connectivity index (χ2n) is 5.57. The molecule has 1 heterocycles. The Morgan fingerprint density at radius 3 is 2.41 bits per heavy atom. The van der Waals surface area contributed by atoms with Crippen LogP contribution in [-0.4, -0.2) is 17.1 Å². The Labute approximate surface area is 155 Å². The second-order valence-corrected chi connectivity index (χ2v) is 5.57. The number of halogens is 2. The van der Waals surface area contributed by atoms with E-state index in [1.165, 1.54) is 12.4 Å². The van der Waals surface area contributed by atoms with Crippen LogP contribution in [0.25, 0.3) is 0 Å². The van der Waals surface area contributed by atoms with Gasteiger partial charge < -0.3 is 15.8 Å². The quantitative estimate of drug-likeness (QED) is 0.547. The number of benzene rings is 2. The third-order valence-corrected chi connectivity index (χ3v) is 3.71. The van der Waals surface area contributed by atoms with Crippen LogP contribution in [0, 0.1) is 23.5 Å². The molecule has 0 bridgehead atoms. The molecule has 0 aliphatic heterocycles. The molecule has 2 aromatic carbocycles. The molecule has 3 aromatic rings. The predicted molar refractivity (Wildman–Crippen MR) is 99.1 cm³/mol. The van der Waals surface area contributed by atoms with Crippen LogP contribution in [0.2, 0.25) is 0 Å². The van der Waals surface area contributed by atoms with Gasteiger partial charge in [-0.2, -0.15) is 0 Å². The van der Waals surface area contributed by atoms with Crippen molar-refractivity contribution in [1.82, 2.24) is 9.97 Å². The van der Waals surface area contributed by atoms with Gasteiger partial charge in [-0.1, -0.05) is 24.0 Å². The monoisotopic (exact) mass is 366 g/mol. The van der Waals surface area contributed by atoms with Crippen LogP contribution in [0.3, 0.4) is 0 Å². The molecule has 0 radical (unpaired) electrons. The number of nitrogens with zero attached hydrogens (tertiary/aromatic N) is 2. The summed E-state index contributed by atoms with van der Waals surface area (Å²) in [6.07, 6.45) is 2.94. The van der Waals surface area contributed by atoms with Crippen molar-refractivity contribution in [3.63, 3.8) is 0 Å². The third kappa shape index (κ3) is 4.50. The summed E-state index contributed by atoms with van der Waals surface area (Å²) in [5.74, 6) is 4.62. The first-order valence-electron chi connectivity index (χ1n) is 8.01. The van der Waals surface area contributed by atoms with Crippen LogP contribution in [0.1, 0.15) is 16.7 Å². The van der Waals surface area contributed by atoms with Gasteiger partial charge in [0.2, 0.25) is 5.95 Å². The lowest BCUT2D eigenvalue weighted by Crippen LogP contribution is -2.03. The highest BCUT2D eigenvalue weighted by Gasteiger charge is 2.09. The zero-order chi connectivity index (χ0) is 19.2. The predicted octanol–water partition coefficient (Wildman–Crippen LogP) is 3.36. The Balaban J connectivity index is 1.67. The first-order valence-corrected chi connectivity index (χ1v) is 8.01. The molecule has 0 atom stereocenters. The number of rotatable bonds is 4. The Kier molecular flexibility index (Phi) is 5.47. The van der Waals surface area contributed by atoms with Gasteiger partial charge in [-0.15, -0.1) is 0 Å². The molecule has 27 heavy (non-hydrogen) atoms. The molecule has 0 aliphatic rings. The maximum atomic E-state index is 13.8. The van der Waals surface area contributed by atoms with Gasteiger partial charge in [0.05, 0.1) is 23.9 Å². The van der Waals surface area contributed by atoms with Gasteiger partial charge in [0.15, 0.2) is 5.82 Å². The molecule has 0 saturated heterocycles. The van der Waals surface area contributed by atoms with E-state index in [4.69, 9.17) is 10.5 Å². The van der Waals surface area contributed by atoms with Crippen molar-refractivity contribution in [2.24, 2.45) is 0 Å². The van der Waals surface area contributed by atoms with E-state index in [1.54, 1.807) is 7.11 Å². The maximum absolute atomic E-state index is 13.8.